The molecule has 1 fully saturated rings. The molecule has 0 aliphatic carbocycles. The zero-order chi connectivity index (χ0) is 21.3. The summed E-state index contributed by atoms with van der Waals surface area (Å²) >= 11 is 0. The first-order chi connectivity index (χ1) is 14.4. The normalized spacial score (nSPS) is 15.6. The molecule has 1 aliphatic heterocycles. The molecule has 0 atom stereocenters. The maximum atomic E-state index is 14.1. The van der Waals surface area contributed by atoms with E-state index in [1.54, 1.807) is 12.1 Å². The molecule has 1 aliphatic rings. The third kappa shape index (κ3) is 3.78. The van der Waals surface area contributed by atoms with Crippen LogP contribution in [-0.4, -0.2) is 49.5 Å². The predicted octanol–water partition coefficient (Wildman–Crippen LogP) is 3.46. The van der Waals surface area contributed by atoms with Crippen molar-refractivity contribution < 1.29 is 26.7 Å². The van der Waals surface area contributed by atoms with Gasteiger partial charge in [-0.05, 0) is 31.0 Å². The van der Waals surface area contributed by atoms with Gasteiger partial charge in [0.05, 0.1) is 22.3 Å². The number of sulfonamides is 1. The Bertz CT molecular complexity index is 1170. The molecule has 1 aromatic heterocycles. The van der Waals surface area contributed by atoms with Gasteiger partial charge < -0.3 is 9.47 Å². The number of halogens is 2. The second-order valence-electron chi connectivity index (χ2n) is 7.03. The van der Waals surface area contributed by atoms with Crippen LogP contribution in [0.1, 0.15) is 19.3 Å². The van der Waals surface area contributed by atoms with Crippen LogP contribution in [0, 0.1) is 11.6 Å². The molecule has 2 heterocycles. The number of piperidine rings is 1. The smallest absolute Gasteiger partial charge is 0.243 e. The molecular formula is C20H21F2N3O4S. The lowest BCUT2D eigenvalue weighted by Gasteiger charge is -2.25. The number of nitrogens with zero attached hydrogens (tertiary/aromatic N) is 3. The van der Waals surface area contributed by atoms with Crippen LogP contribution in [0.3, 0.4) is 0 Å². The van der Waals surface area contributed by atoms with E-state index in [9.17, 15) is 17.2 Å². The van der Waals surface area contributed by atoms with Crippen molar-refractivity contribution in [3.8, 4) is 11.4 Å². The zero-order valence-electron chi connectivity index (χ0n) is 16.3. The Hall–Kier alpha value is -2.56. The summed E-state index contributed by atoms with van der Waals surface area (Å²) in [7, 11) is -2.22. The van der Waals surface area contributed by atoms with Crippen molar-refractivity contribution in [2.75, 3.05) is 27.0 Å². The first kappa shape index (κ1) is 20.7. The van der Waals surface area contributed by atoms with Gasteiger partial charge in [-0.2, -0.15) is 13.8 Å². The van der Waals surface area contributed by atoms with E-state index in [0.717, 1.165) is 25.3 Å². The molecule has 0 spiro atoms. The molecule has 3 aromatic rings. The second-order valence-corrected chi connectivity index (χ2v) is 8.97. The van der Waals surface area contributed by atoms with Crippen molar-refractivity contribution in [3.63, 3.8) is 0 Å². The predicted molar refractivity (Wildman–Crippen MR) is 106 cm³/mol. The number of methoxy groups -OCH3 is 1. The molecule has 160 valence electrons. The first-order valence-electron chi connectivity index (χ1n) is 9.51. The minimum Gasteiger partial charge on any atom is -0.464 e. The number of ether oxygens (including phenoxy) is 2. The van der Waals surface area contributed by atoms with Crippen LogP contribution in [0.5, 0.6) is 5.75 Å². The molecule has 0 unspecified atom stereocenters. The van der Waals surface area contributed by atoms with Crippen LogP contribution in [0.2, 0.25) is 0 Å². The minimum absolute atomic E-state index is 0.186. The van der Waals surface area contributed by atoms with Crippen molar-refractivity contribution in [2.24, 2.45) is 0 Å². The lowest BCUT2D eigenvalue weighted by atomic mass is 10.2. The molecule has 0 radical (unpaired) electrons. The molecule has 4 rings (SSSR count). The third-order valence-corrected chi connectivity index (χ3v) is 6.94. The lowest BCUT2D eigenvalue weighted by molar-refractivity contribution is 0.0478. The second kappa shape index (κ2) is 8.29. The molecule has 30 heavy (non-hydrogen) atoms. The van der Waals surface area contributed by atoms with Crippen molar-refractivity contribution in [2.45, 2.75) is 24.2 Å². The van der Waals surface area contributed by atoms with Gasteiger partial charge in [-0.1, -0.05) is 6.42 Å². The van der Waals surface area contributed by atoms with Gasteiger partial charge in [-0.3, -0.25) is 0 Å². The van der Waals surface area contributed by atoms with Gasteiger partial charge in [-0.25, -0.2) is 17.5 Å². The average molecular weight is 437 g/mol. The number of aromatic nitrogens is 2. The SMILES string of the molecule is COCOc1cc(-n2ncc3cc(S(=O)(=O)N4CCCCC4)ccc32)cc(F)c1F. The zero-order valence-corrected chi connectivity index (χ0v) is 17.2. The van der Waals surface area contributed by atoms with Crippen LogP contribution in [0.4, 0.5) is 8.78 Å². The summed E-state index contributed by atoms with van der Waals surface area (Å²) in [6.07, 6.45) is 4.22. The van der Waals surface area contributed by atoms with E-state index >= 15 is 0 Å². The van der Waals surface area contributed by atoms with Crippen molar-refractivity contribution in [1.82, 2.24) is 14.1 Å². The van der Waals surface area contributed by atoms with E-state index in [4.69, 9.17) is 9.47 Å². The van der Waals surface area contributed by atoms with Crippen LogP contribution in [-0.2, 0) is 14.8 Å². The average Bonchev–Trinajstić information content (AvgIpc) is 3.18. The lowest BCUT2D eigenvalue weighted by Crippen LogP contribution is -2.35. The number of hydrogen-bond donors (Lipinski definition) is 0. The summed E-state index contributed by atoms with van der Waals surface area (Å²) in [6.45, 7) is 0.787. The van der Waals surface area contributed by atoms with E-state index in [-0.39, 0.29) is 23.1 Å². The quantitative estimate of drug-likeness (QED) is 0.552. The van der Waals surface area contributed by atoms with Gasteiger partial charge in [0.1, 0.15) is 0 Å². The van der Waals surface area contributed by atoms with Gasteiger partial charge in [0.25, 0.3) is 0 Å². The summed E-state index contributed by atoms with van der Waals surface area (Å²) in [4.78, 5) is 0.186. The van der Waals surface area contributed by atoms with Crippen molar-refractivity contribution >= 4 is 20.9 Å². The van der Waals surface area contributed by atoms with E-state index < -0.39 is 21.7 Å². The molecule has 7 nitrogen and oxygen atoms in total. The highest BCUT2D eigenvalue weighted by atomic mass is 32.2. The van der Waals surface area contributed by atoms with Gasteiger partial charge in [0.2, 0.25) is 15.8 Å². The Kier molecular flexibility index (Phi) is 5.72. The maximum Gasteiger partial charge on any atom is 0.243 e. The molecule has 10 heteroatoms. The Labute approximate surface area is 172 Å². The van der Waals surface area contributed by atoms with E-state index in [1.165, 1.54) is 34.4 Å². The van der Waals surface area contributed by atoms with Crippen LogP contribution >= 0.6 is 0 Å². The van der Waals surface area contributed by atoms with Crippen LogP contribution in [0.15, 0.2) is 41.4 Å². The number of rotatable bonds is 6. The molecule has 0 saturated carbocycles. The first-order valence-corrected chi connectivity index (χ1v) is 10.9. The molecule has 2 aromatic carbocycles. The number of benzene rings is 2. The van der Waals surface area contributed by atoms with Crippen LogP contribution < -0.4 is 4.74 Å². The fourth-order valence-electron chi connectivity index (χ4n) is 3.53. The Morgan fingerprint density at radius 1 is 1.10 bits per heavy atom. The topological polar surface area (TPSA) is 73.7 Å². The largest absolute Gasteiger partial charge is 0.464 e. The molecule has 0 N–H and O–H groups in total. The van der Waals surface area contributed by atoms with Gasteiger partial charge in [-0.15, -0.1) is 0 Å². The summed E-state index contributed by atoms with van der Waals surface area (Å²) in [5.74, 6) is -2.52. The summed E-state index contributed by atoms with van der Waals surface area (Å²) in [6, 6.07) is 6.97. The summed E-state index contributed by atoms with van der Waals surface area (Å²) < 4.78 is 66.6. The maximum absolute atomic E-state index is 14.1. The van der Waals surface area contributed by atoms with E-state index in [2.05, 4.69) is 5.10 Å². The molecular weight excluding hydrogens is 416 g/mol. The molecule has 1 saturated heterocycles. The van der Waals surface area contributed by atoms with Gasteiger partial charge in [0.15, 0.2) is 18.4 Å². The highest BCUT2D eigenvalue weighted by molar-refractivity contribution is 7.89. The Morgan fingerprint density at radius 2 is 1.87 bits per heavy atom. The minimum atomic E-state index is -3.59. The summed E-state index contributed by atoms with van der Waals surface area (Å²) in [5, 5.41) is 4.79. The fraction of sp³-hybridized carbons (Fsp3) is 0.350. The highest BCUT2D eigenvalue weighted by Crippen LogP contribution is 2.29. The van der Waals surface area contributed by atoms with E-state index in [0.29, 0.717) is 24.0 Å². The monoisotopic (exact) mass is 437 g/mol. The van der Waals surface area contributed by atoms with Crippen molar-refractivity contribution in [1.29, 1.82) is 0 Å². The Morgan fingerprint density at radius 3 is 2.60 bits per heavy atom. The van der Waals surface area contributed by atoms with Gasteiger partial charge >= 0.3 is 0 Å². The number of hydrogen-bond acceptors (Lipinski definition) is 5. The molecule has 0 amide bonds. The highest BCUT2D eigenvalue weighted by Gasteiger charge is 2.26. The van der Waals surface area contributed by atoms with Gasteiger partial charge in [0, 0.05) is 37.7 Å². The fourth-order valence-corrected chi connectivity index (χ4v) is 5.08. The van der Waals surface area contributed by atoms with Crippen LogP contribution in [0.25, 0.3) is 16.6 Å². The summed E-state index contributed by atoms with van der Waals surface area (Å²) in [5.41, 5.74) is 0.790. The van der Waals surface area contributed by atoms with E-state index in [1.807, 2.05) is 0 Å². The standard InChI is InChI=1S/C20H21F2N3O4S/c1-28-13-29-19-11-15(10-17(21)20(19)22)25-18-6-5-16(9-14(18)12-23-25)30(26,27)24-7-3-2-4-8-24/h5-6,9-12H,2-4,7-8,13H2,1H3. The molecule has 0 bridgehead atoms. The van der Waals surface area contributed by atoms with Crippen molar-refractivity contribution in [3.05, 3.63) is 48.2 Å². The Balaban J connectivity index is 1.72. The number of fused-ring (bicyclic) bond motifs is 1. The third-order valence-electron chi connectivity index (χ3n) is 5.05.